The minimum atomic E-state index is 0.118. The molecule has 3 nitrogen and oxygen atoms in total. The van der Waals surface area contributed by atoms with Crippen molar-refractivity contribution in [2.24, 2.45) is 0 Å². The lowest BCUT2D eigenvalue weighted by atomic mass is 10.3. The number of thiophene rings is 1. The number of hydrogen-bond donors (Lipinski definition) is 0. The largest absolute Gasteiger partial charge is 0.340 e. The summed E-state index contributed by atoms with van der Waals surface area (Å²) in [7, 11) is 1.82. The third kappa shape index (κ3) is 5.76. The minimum absolute atomic E-state index is 0.118. The maximum Gasteiger partial charge on any atom is 0.236 e. The molecule has 0 saturated carbocycles. The summed E-state index contributed by atoms with van der Waals surface area (Å²) in [6.07, 6.45) is 0. The molecule has 106 valence electrons. The summed E-state index contributed by atoms with van der Waals surface area (Å²) in [5.74, 6) is 0.118. The molecule has 1 amide bonds. The van der Waals surface area contributed by atoms with Crippen LogP contribution in [0.2, 0.25) is 4.34 Å². The molecule has 19 heavy (non-hydrogen) atoms. The van der Waals surface area contributed by atoms with Gasteiger partial charge in [0.05, 0.1) is 17.4 Å². The van der Waals surface area contributed by atoms with E-state index in [9.17, 15) is 4.79 Å². The molecule has 0 bridgehead atoms. The van der Waals surface area contributed by atoms with Crippen LogP contribution in [-0.4, -0.2) is 42.4 Å². The maximum absolute atomic E-state index is 12.1. The third-order valence-corrected chi connectivity index (χ3v) is 3.96. The van der Waals surface area contributed by atoms with Crippen LogP contribution in [0.15, 0.2) is 24.3 Å². The molecule has 1 rings (SSSR count). The first-order valence-electron chi connectivity index (χ1n) is 6.27. The average molecular weight is 301 g/mol. The molecule has 0 atom stereocenters. The van der Waals surface area contributed by atoms with Crippen molar-refractivity contribution < 1.29 is 4.79 Å². The summed E-state index contributed by atoms with van der Waals surface area (Å²) in [6, 6.07) is 3.82. The van der Waals surface area contributed by atoms with Crippen LogP contribution in [0.3, 0.4) is 0 Å². The number of rotatable bonds is 7. The molecule has 0 aliphatic rings. The van der Waals surface area contributed by atoms with Gasteiger partial charge in [-0.05, 0) is 25.6 Å². The molecular weight excluding hydrogens is 280 g/mol. The second-order valence-electron chi connectivity index (χ2n) is 4.72. The Balaban J connectivity index is 2.49. The Morgan fingerprint density at radius 1 is 1.42 bits per heavy atom. The molecule has 0 spiro atoms. The normalized spacial score (nSPS) is 10.8. The third-order valence-electron chi connectivity index (χ3n) is 2.75. The molecule has 1 aromatic rings. The fraction of sp³-hybridized carbons (Fsp3) is 0.500. The SMILES string of the molecule is C=C(C)CN(CC)CC(=O)N(C)Cc1ccc(Cl)s1. The lowest BCUT2D eigenvalue weighted by Crippen LogP contribution is -2.38. The van der Waals surface area contributed by atoms with Gasteiger partial charge in [-0.2, -0.15) is 0 Å². The van der Waals surface area contributed by atoms with E-state index >= 15 is 0 Å². The predicted octanol–water partition coefficient (Wildman–Crippen LogP) is 3.26. The van der Waals surface area contributed by atoms with E-state index in [1.807, 2.05) is 26.1 Å². The van der Waals surface area contributed by atoms with Crippen molar-refractivity contribution in [2.75, 3.05) is 26.7 Å². The lowest BCUT2D eigenvalue weighted by Gasteiger charge is -2.23. The summed E-state index contributed by atoms with van der Waals surface area (Å²) in [4.78, 5) is 17.1. The van der Waals surface area contributed by atoms with E-state index < -0.39 is 0 Å². The highest BCUT2D eigenvalue weighted by atomic mass is 35.5. The van der Waals surface area contributed by atoms with Gasteiger partial charge in [-0.25, -0.2) is 0 Å². The molecule has 0 unspecified atom stereocenters. The van der Waals surface area contributed by atoms with Crippen molar-refractivity contribution in [2.45, 2.75) is 20.4 Å². The number of likely N-dealkylation sites (N-methyl/N-ethyl adjacent to an activating group) is 2. The summed E-state index contributed by atoms with van der Waals surface area (Å²) in [6.45, 7) is 10.6. The molecule has 0 saturated heterocycles. The Morgan fingerprint density at radius 3 is 2.58 bits per heavy atom. The van der Waals surface area contributed by atoms with Gasteiger partial charge in [-0.1, -0.05) is 30.7 Å². The van der Waals surface area contributed by atoms with Crippen molar-refractivity contribution in [1.82, 2.24) is 9.80 Å². The Bertz CT molecular complexity index is 444. The van der Waals surface area contributed by atoms with E-state index in [0.717, 1.165) is 27.9 Å². The standard InChI is InChI=1S/C14H21ClN2OS/c1-5-17(8-11(2)3)10-14(18)16(4)9-12-6-7-13(15)19-12/h6-7H,2,5,8-10H2,1,3-4H3. The second-order valence-corrected chi connectivity index (χ2v) is 6.52. The van der Waals surface area contributed by atoms with Crippen molar-refractivity contribution in [3.05, 3.63) is 33.5 Å². The molecular formula is C14H21ClN2OS. The highest BCUT2D eigenvalue weighted by molar-refractivity contribution is 7.16. The van der Waals surface area contributed by atoms with Gasteiger partial charge in [0.15, 0.2) is 0 Å². The van der Waals surface area contributed by atoms with Gasteiger partial charge in [-0.3, -0.25) is 9.69 Å². The maximum atomic E-state index is 12.1. The fourth-order valence-corrected chi connectivity index (χ4v) is 2.87. The van der Waals surface area contributed by atoms with Gasteiger partial charge >= 0.3 is 0 Å². The Hall–Kier alpha value is -0.840. The zero-order valence-corrected chi connectivity index (χ0v) is 13.4. The first kappa shape index (κ1) is 16.2. The fourth-order valence-electron chi connectivity index (χ4n) is 1.73. The van der Waals surface area contributed by atoms with Crippen LogP contribution in [0.25, 0.3) is 0 Å². The topological polar surface area (TPSA) is 23.6 Å². The molecule has 5 heteroatoms. The molecule has 1 aromatic heterocycles. The van der Waals surface area contributed by atoms with Crippen molar-refractivity contribution in [3.8, 4) is 0 Å². The quantitative estimate of drug-likeness (QED) is 0.722. The number of nitrogens with zero attached hydrogens (tertiary/aromatic N) is 2. The Labute approximate surface area is 124 Å². The van der Waals surface area contributed by atoms with Crippen LogP contribution >= 0.6 is 22.9 Å². The summed E-state index contributed by atoms with van der Waals surface area (Å²) >= 11 is 7.40. The van der Waals surface area contributed by atoms with Crippen molar-refractivity contribution in [3.63, 3.8) is 0 Å². The van der Waals surface area contributed by atoms with Gasteiger partial charge in [0.2, 0.25) is 5.91 Å². The van der Waals surface area contributed by atoms with Gasteiger partial charge in [0.1, 0.15) is 0 Å². The number of carbonyl (C=O) groups excluding carboxylic acids is 1. The van der Waals surface area contributed by atoms with Crippen LogP contribution < -0.4 is 0 Å². The van der Waals surface area contributed by atoms with Gasteiger partial charge in [0, 0.05) is 18.5 Å². The zero-order chi connectivity index (χ0) is 14.4. The molecule has 0 fully saturated rings. The van der Waals surface area contributed by atoms with Crippen LogP contribution in [-0.2, 0) is 11.3 Å². The number of carbonyl (C=O) groups is 1. The molecule has 0 radical (unpaired) electrons. The first-order valence-corrected chi connectivity index (χ1v) is 7.46. The number of amides is 1. The number of hydrogen-bond acceptors (Lipinski definition) is 3. The smallest absolute Gasteiger partial charge is 0.236 e. The zero-order valence-electron chi connectivity index (χ0n) is 11.8. The van der Waals surface area contributed by atoms with E-state index in [1.165, 1.54) is 11.3 Å². The monoisotopic (exact) mass is 300 g/mol. The Kier molecular flexibility index (Phi) is 6.55. The van der Waals surface area contributed by atoms with Crippen LogP contribution in [0, 0.1) is 0 Å². The molecule has 0 aliphatic carbocycles. The molecule has 0 N–H and O–H groups in total. The molecule has 0 aromatic carbocycles. The van der Waals surface area contributed by atoms with Crippen LogP contribution in [0.1, 0.15) is 18.7 Å². The highest BCUT2D eigenvalue weighted by Crippen LogP contribution is 2.22. The van der Waals surface area contributed by atoms with E-state index in [2.05, 4.69) is 18.4 Å². The number of halogens is 1. The van der Waals surface area contributed by atoms with Crippen molar-refractivity contribution in [1.29, 1.82) is 0 Å². The summed E-state index contributed by atoms with van der Waals surface area (Å²) in [5.41, 5.74) is 1.07. The lowest BCUT2D eigenvalue weighted by molar-refractivity contribution is -0.131. The first-order chi connectivity index (χ1) is 8.92. The molecule has 1 heterocycles. The van der Waals surface area contributed by atoms with Crippen LogP contribution in [0.4, 0.5) is 0 Å². The second kappa shape index (κ2) is 7.68. The average Bonchev–Trinajstić information content (AvgIpc) is 2.73. The molecule has 0 aliphatic heterocycles. The van der Waals surface area contributed by atoms with E-state index in [0.29, 0.717) is 13.1 Å². The predicted molar refractivity (Wildman–Crippen MR) is 82.7 cm³/mol. The van der Waals surface area contributed by atoms with Gasteiger partial charge in [0.25, 0.3) is 0 Å². The highest BCUT2D eigenvalue weighted by Gasteiger charge is 2.14. The van der Waals surface area contributed by atoms with Crippen molar-refractivity contribution >= 4 is 28.8 Å². The van der Waals surface area contributed by atoms with E-state index in [4.69, 9.17) is 11.6 Å². The minimum Gasteiger partial charge on any atom is -0.340 e. The van der Waals surface area contributed by atoms with Gasteiger partial charge < -0.3 is 4.90 Å². The Morgan fingerprint density at radius 2 is 2.11 bits per heavy atom. The van der Waals surface area contributed by atoms with Crippen LogP contribution in [0.5, 0.6) is 0 Å². The summed E-state index contributed by atoms with van der Waals surface area (Å²) < 4.78 is 0.758. The van der Waals surface area contributed by atoms with Gasteiger partial charge in [-0.15, -0.1) is 11.3 Å². The van der Waals surface area contributed by atoms with E-state index in [-0.39, 0.29) is 5.91 Å². The summed E-state index contributed by atoms with van der Waals surface area (Å²) in [5, 5.41) is 0. The van der Waals surface area contributed by atoms with E-state index in [1.54, 1.807) is 4.90 Å².